The molecule has 88 valence electrons. The van der Waals surface area contributed by atoms with Crippen molar-refractivity contribution in [3.05, 3.63) is 29.6 Å². The van der Waals surface area contributed by atoms with Gasteiger partial charge in [-0.2, -0.15) is 11.8 Å². The highest BCUT2D eigenvalue weighted by molar-refractivity contribution is 7.98. The molecule has 0 spiro atoms. The first-order chi connectivity index (χ1) is 7.59. The van der Waals surface area contributed by atoms with Gasteiger partial charge in [0, 0.05) is 18.0 Å². The van der Waals surface area contributed by atoms with Gasteiger partial charge >= 0.3 is 5.97 Å². The van der Waals surface area contributed by atoms with E-state index in [2.05, 4.69) is 4.98 Å². The molecule has 16 heavy (non-hydrogen) atoms. The number of nitrogens with two attached hydrogens (primary N) is 1. The predicted molar refractivity (Wildman–Crippen MR) is 65.6 cm³/mol. The Bertz CT molecular complexity index is 338. The van der Waals surface area contributed by atoms with E-state index in [0.717, 1.165) is 23.6 Å². The van der Waals surface area contributed by atoms with Gasteiger partial charge in [0.1, 0.15) is 0 Å². The van der Waals surface area contributed by atoms with Gasteiger partial charge in [-0.25, -0.2) is 4.79 Å². The predicted octanol–water partition coefficient (Wildman–Crippen LogP) is 1.75. The third-order valence-corrected chi connectivity index (χ3v) is 3.06. The Balaban J connectivity index is 2.35. The van der Waals surface area contributed by atoms with Crippen LogP contribution in [0.15, 0.2) is 18.3 Å². The summed E-state index contributed by atoms with van der Waals surface area (Å²) in [5.74, 6) is 0.857. The third-order valence-electron chi connectivity index (χ3n) is 2.04. The highest BCUT2D eigenvalue weighted by Crippen LogP contribution is 2.12. The zero-order valence-corrected chi connectivity index (χ0v) is 10.0. The van der Waals surface area contributed by atoms with Crippen molar-refractivity contribution < 1.29 is 9.90 Å². The van der Waals surface area contributed by atoms with Gasteiger partial charge in [-0.15, -0.1) is 0 Å². The zero-order valence-electron chi connectivity index (χ0n) is 9.22. The number of rotatable bonds is 6. The van der Waals surface area contributed by atoms with Gasteiger partial charge < -0.3 is 10.8 Å². The van der Waals surface area contributed by atoms with Crippen LogP contribution in [0.2, 0.25) is 0 Å². The minimum atomic E-state index is -0.941. The van der Waals surface area contributed by atoms with E-state index in [0.29, 0.717) is 0 Å². The number of aromatic nitrogens is 1. The van der Waals surface area contributed by atoms with Gasteiger partial charge in [0.25, 0.3) is 0 Å². The van der Waals surface area contributed by atoms with Gasteiger partial charge in [0.2, 0.25) is 0 Å². The van der Waals surface area contributed by atoms with Crippen molar-refractivity contribution in [2.75, 3.05) is 5.75 Å². The smallest absolute Gasteiger partial charge is 0.337 e. The van der Waals surface area contributed by atoms with Crippen LogP contribution in [-0.2, 0) is 5.75 Å². The highest BCUT2D eigenvalue weighted by Gasteiger charge is 2.03. The molecule has 0 fully saturated rings. The molecule has 1 aromatic heterocycles. The number of nitrogens with zero attached hydrogens (tertiary/aromatic N) is 1. The van der Waals surface area contributed by atoms with Crippen LogP contribution in [0.3, 0.4) is 0 Å². The van der Waals surface area contributed by atoms with E-state index in [1.165, 1.54) is 6.20 Å². The van der Waals surface area contributed by atoms with Gasteiger partial charge in [0.15, 0.2) is 0 Å². The summed E-state index contributed by atoms with van der Waals surface area (Å²) in [5, 5.41) is 8.69. The molecule has 1 atom stereocenters. The summed E-state index contributed by atoms with van der Waals surface area (Å²) in [6, 6.07) is 3.56. The Hall–Kier alpha value is -1.07. The minimum absolute atomic E-state index is 0.226. The largest absolute Gasteiger partial charge is 0.478 e. The molecule has 0 saturated carbocycles. The summed E-state index contributed by atoms with van der Waals surface area (Å²) >= 11 is 1.76. The van der Waals surface area contributed by atoms with Gasteiger partial charge in [-0.3, -0.25) is 4.98 Å². The lowest BCUT2D eigenvalue weighted by atomic mass is 10.2. The second-order valence-corrected chi connectivity index (χ2v) is 4.77. The molecule has 1 rings (SSSR count). The maximum Gasteiger partial charge on any atom is 0.337 e. The average Bonchev–Trinajstić information content (AvgIpc) is 2.25. The number of pyridine rings is 1. The Morgan fingerprint density at radius 1 is 1.62 bits per heavy atom. The van der Waals surface area contributed by atoms with Gasteiger partial charge in [-0.1, -0.05) is 0 Å². The van der Waals surface area contributed by atoms with Crippen LogP contribution in [-0.4, -0.2) is 27.9 Å². The Morgan fingerprint density at radius 3 is 2.88 bits per heavy atom. The first-order valence-electron chi connectivity index (χ1n) is 5.11. The van der Waals surface area contributed by atoms with Crippen molar-refractivity contribution in [3.63, 3.8) is 0 Å². The van der Waals surface area contributed by atoms with Crippen LogP contribution in [0.5, 0.6) is 0 Å². The molecular formula is C11H16N2O2S. The van der Waals surface area contributed by atoms with Crippen LogP contribution in [0.25, 0.3) is 0 Å². The van der Waals surface area contributed by atoms with Crippen LogP contribution in [0.1, 0.15) is 29.4 Å². The molecule has 1 unspecified atom stereocenters. The quantitative estimate of drug-likeness (QED) is 0.741. The van der Waals surface area contributed by atoms with E-state index in [9.17, 15) is 4.79 Å². The topological polar surface area (TPSA) is 76.2 Å². The fourth-order valence-corrected chi connectivity index (χ4v) is 2.15. The Labute approximate surface area is 99.3 Å². The average molecular weight is 240 g/mol. The summed E-state index contributed by atoms with van der Waals surface area (Å²) in [7, 11) is 0. The normalized spacial score (nSPS) is 12.4. The first kappa shape index (κ1) is 13.0. The summed E-state index contributed by atoms with van der Waals surface area (Å²) in [4.78, 5) is 14.7. The second kappa shape index (κ2) is 6.50. The fraction of sp³-hybridized carbons (Fsp3) is 0.455. The summed E-state index contributed by atoms with van der Waals surface area (Å²) in [5.41, 5.74) is 6.76. The molecule has 3 N–H and O–H groups in total. The standard InChI is InChI=1S/C11H16N2O2S/c1-8(12)4-5-16-7-10-3-2-9(6-13-10)11(14)15/h2-3,6,8H,4-5,7,12H2,1H3,(H,14,15). The van der Waals surface area contributed by atoms with E-state index in [1.54, 1.807) is 23.9 Å². The molecule has 0 aliphatic heterocycles. The van der Waals surface area contributed by atoms with Crippen LogP contribution in [0.4, 0.5) is 0 Å². The lowest BCUT2D eigenvalue weighted by molar-refractivity contribution is 0.0696. The number of carboxylic acids is 1. The number of aromatic carboxylic acids is 1. The molecular weight excluding hydrogens is 224 g/mol. The fourth-order valence-electron chi connectivity index (χ4n) is 1.08. The monoisotopic (exact) mass is 240 g/mol. The van der Waals surface area contributed by atoms with E-state index in [4.69, 9.17) is 10.8 Å². The second-order valence-electron chi connectivity index (χ2n) is 3.66. The summed E-state index contributed by atoms with van der Waals surface area (Å²) in [6.45, 7) is 1.99. The molecule has 4 nitrogen and oxygen atoms in total. The number of carboxylic acid groups (broad SMARTS) is 1. The maximum atomic E-state index is 10.6. The Kier molecular flexibility index (Phi) is 5.28. The summed E-state index contributed by atoms with van der Waals surface area (Å²) in [6.07, 6.45) is 2.38. The molecule has 0 radical (unpaired) electrons. The molecule has 0 bridgehead atoms. The molecule has 0 aromatic carbocycles. The Morgan fingerprint density at radius 2 is 2.38 bits per heavy atom. The molecule has 0 amide bonds. The van der Waals surface area contributed by atoms with Crippen molar-refractivity contribution >= 4 is 17.7 Å². The third kappa shape index (κ3) is 4.63. The van der Waals surface area contributed by atoms with Crippen molar-refractivity contribution in [2.45, 2.75) is 25.1 Å². The minimum Gasteiger partial charge on any atom is -0.478 e. The van der Waals surface area contributed by atoms with E-state index < -0.39 is 5.97 Å². The molecule has 1 heterocycles. The van der Waals surface area contributed by atoms with Crippen molar-refractivity contribution in [1.82, 2.24) is 4.98 Å². The number of hydrogen-bond donors (Lipinski definition) is 2. The molecule has 0 saturated heterocycles. The van der Waals surface area contributed by atoms with Crippen LogP contribution < -0.4 is 5.73 Å². The summed E-state index contributed by atoms with van der Waals surface area (Å²) < 4.78 is 0. The maximum absolute atomic E-state index is 10.6. The van der Waals surface area contributed by atoms with E-state index in [-0.39, 0.29) is 11.6 Å². The number of hydrogen-bond acceptors (Lipinski definition) is 4. The molecule has 0 aliphatic rings. The van der Waals surface area contributed by atoms with E-state index >= 15 is 0 Å². The van der Waals surface area contributed by atoms with Gasteiger partial charge in [0.05, 0.1) is 11.3 Å². The number of thioether (sulfide) groups is 1. The first-order valence-corrected chi connectivity index (χ1v) is 6.26. The lowest BCUT2D eigenvalue weighted by Gasteiger charge is -2.04. The molecule has 1 aromatic rings. The SMILES string of the molecule is CC(N)CCSCc1ccc(C(=O)O)cn1. The van der Waals surface area contributed by atoms with Gasteiger partial charge in [-0.05, 0) is 31.2 Å². The van der Waals surface area contributed by atoms with E-state index in [1.807, 2.05) is 6.92 Å². The lowest BCUT2D eigenvalue weighted by Crippen LogP contribution is -2.15. The molecule has 5 heteroatoms. The van der Waals surface area contributed by atoms with Crippen LogP contribution in [0, 0.1) is 0 Å². The molecule has 0 aliphatic carbocycles. The van der Waals surface area contributed by atoms with Crippen molar-refractivity contribution in [2.24, 2.45) is 5.73 Å². The number of carbonyl (C=O) groups is 1. The highest BCUT2D eigenvalue weighted by atomic mass is 32.2. The zero-order chi connectivity index (χ0) is 12.0. The van der Waals surface area contributed by atoms with Crippen molar-refractivity contribution in [3.8, 4) is 0 Å². The van der Waals surface area contributed by atoms with Crippen LogP contribution >= 0.6 is 11.8 Å². The van der Waals surface area contributed by atoms with Crippen molar-refractivity contribution in [1.29, 1.82) is 0 Å².